The molecule has 2 aromatic rings. The molecule has 4 unspecified atom stereocenters. The number of halogens is 1. The maximum absolute atomic E-state index is 14.3. The van der Waals surface area contributed by atoms with Gasteiger partial charge in [0.25, 0.3) is 0 Å². The van der Waals surface area contributed by atoms with Gasteiger partial charge in [-0.15, -0.1) is 0 Å². The first-order chi connectivity index (χ1) is 19.9. The van der Waals surface area contributed by atoms with Crippen LogP contribution in [0.25, 0.3) is 0 Å². The topological polar surface area (TPSA) is 99.8 Å². The number of rotatable bonds is 6. The van der Waals surface area contributed by atoms with Crippen molar-refractivity contribution >= 4 is 5.91 Å². The fourth-order valence-corrected chi connectivity index (χ4v) is 8.22. The SMILES string of the molecule is CCc1cc(O)c(F)cc1C1CCC2C(C1)NNC2c1nc2c([nH]1)CN(CC)[C@@H](C(=O)N1CC(N3CCCC3)C1)C2. The van der Waals surface area contributed by atoms with Crippen LogP contribution in [-0.4, -0.2) is 86.5 Å². The molecule has 1 aromatic carbocycles. The third kappa shape index (κ3) is 4.86. The van der Waals surface area contributed by atoms with E-state index in [0.717, 1.165) is 80.2 Å². The minimum Gasteiger partial charge on any atom is -0.505 e. The molecular formula is C31H44FN7O2. The Kier molecular flexibility index (Phi) is 7.29. The third-order valence-corrected chi connectivity index (χ3v) is 10.7. The fraction of sp³-hybridized carbons (Fsp3) is 0.677. The lowest BCUT2D eigenvalue weighted by Gasteiger charge is -2.47. The number of phenolic OH excluding ortho intramolecular Hbond substituents is 1. The highest BCUT2D eigenvalue weighted by Crippen LogP contribution is 2.45. The molecule has 4 N–H and O–H groups in total. The van der Waals surface area contributed by atoms with Gasteiger partial charge < -0.3 is 15.0 Å². The first-order valence-electron chi connectivity index (χ1n) is 15.8. The molecule has 3 saturated heterocycles. The van der Waals surface area contributed by atoms with Crippen LogP contribution in [-0.2, 0) is 24.2 Å². The van der Waals surface area contributed by atoms with Gasteiger partial charge in [0.15, 0.2) is 11.6 Å². The van der Waals surface area contributed by atoms with Gasteiger partial charge >= 0.3 is 0 Å². The zero-order valence-corrected chi connectivity index (χ0v) is 24.3. The molecule has 9 nitrogen and oxygen atoms in total. The van der Waals surface area contributed by atoms with E-state index < -0.39 is 5.82 Å². The third-order valence-electron chi connectivity index (χ3n) is 10.7. The molecule has 4 fully saturated rings. The quantitative estimate of drug-likeness (QED) is 0.428. The molecular weight excluding hydrogens is 521 g/mol. The smallest absolute Gasteiger partial charge is 0.240 e. The number of likely N-dealkylation sites (tertiary alicyclic amines) is 2. The van der Waals surface area contributed by atoms with Crippen molar-refractivity contribution in [3.05, 3.63) is 46.3 Å². The first-order valence-corrected chi connectivity index (χ1v) is 15.8. The zero-order chi connectivity index (χ0) is 28.2. The number of aromatic hydroxyl groups is 1. The van der Waals surface area contributed by atoms with Crippen LogP contribution in [0.3, 0.4) is 0 Å². The minimum atomic E-state index is -0.533. The number of amides is 1. The molecule has 1 amide bonds. The number of carbonyl (C=O) groups excluding carboxylic acids is 1. The number of benzene rings is 1. The van der Waals surface area contributed by atoms with E-state index >= 15 is 0 Å². The number of nitrogens with zero attached hydrogens (tertiary/aromatic N) is 4. The summed E-state index contributed by atoms with van der Waals surface area (Å²) in [5, 5.41) is 9.87. The molecule has 0 bridgehead atoms. The number of phenols is 1. The van der Waals surface area contributed by atoms with Gasteiger partial charge in [-0.25, -0.2) is 14.8 Å². The summed E-state index contributed by atoms with van der Waals surface area (Å²) in [5.41, 5.74) is 11.3. The van der Waals surface area contributed by atoms with Crippen molar-refractivity contribution < 1.29 is 14.3 Å². The maximum Gasteiger partial charge on any atom is 0.240 e. The van der Waals surface area contributed by atoms with Crippen LogP contribution >= 0.6 is 0 Å². The Balaban J connectivity index is 1.02. The molecule has 1 aliphatic carbocycles. The Morgan fingerprint density at radius 1 is 1.15 bits per heavy atom. The van der Waals surface area contributed by atoms with Gasteiger partial charge in [-0.3, -0.25) is 20.0 Å². The average molecular weight is 566 g/mol. The fourth-order valence-electron chi connectivity index (χ4n) is 8.22. The largest absolute Gasteiger partial charge is 0.505 e. The molecule has 1 aromatic heterocycles. The van der Waals surface area contributed by atoms with Crippen LogP contribution in [0, 0.1) is 11.7 Å². The van der Waals surface area contributed by atoms with Crippen molar-refractivity contribution in [1.29, 1.82) is 0 Å². The van der Waals surface area contributed by atoms with Crippen LogP contribution < -0.4 is 10.9 Å². The van der Waals surface area contributed by atoms with E-state index in [0.29, 0.717) is 18.4 Å². The summed E-state index contributed by atoms with van der Waals surface area (Å²) in [4.78, 5) is 29.2. The Morgan fingerprint density at radius 3 is 2.71 bits per heavy atom. The van der Waals surface area contributed by atoms with Gasteiger partial charge in [-0.2, -0.15) is 0 Å². The van der Waals surface area contributed by atoms with Crippen LogP contribution in [0.2, 0.25) is 0 Å². The highest BCUT2D eigenvalue weighted by atomic mass is 19.1. The Morgan fingerprint density at radius 2 is 1.95 bits per heavy atom. The number of nitrogens with one attached hydrogen (secondary N) is 3. The van der Waals surface area contributed by atoms with Crippen LogP contribution in [0.4, 0.5) is 4.39 Å². The number of aromatic amines is 1. The second-order valence-electron chi connectivity index (χ2n) is 12.9. The van der Waals surface area contributed by atoms with Crippen molar-refractivity contribution in [2.45, 2.75) is 95.4 Å². The molecule has 0 radical (unpaired) electrons. The predicted molar refractivity (Wildman–Crippen MR) is 154 cm³/mol. The minimum absolute atomic E-state index is 0.0783. The molecule has 222 valence electrons. The Hall–Kier alpha value is -2.53. The number of hydrogen-bond donors (Lipinski definition) is 4. The van der Waals surface area contributed by atoms with E-state index in [9.17, 15) is 14.3 Å². The second kappa shape index (κ2) is 10.9. The van der Waals surface area contributed by atoms with Gasteiger partial charge in [-0.05, 0) is 93.3 Å². The normalized spacial score (nSPS) is 30.8. The van der Waals surface area contributed by atoms with E-state index in [1.165, 1.54) is 25.9 Å². The predicted octanol–water partition coefficient (Wildman–Crippen LogP) is 2.97. The molecule has 0 spiro atoms. The van der Waals surface area contributed by atoms with Crippen LogP contribution in [0.1, 0.15) is 86.3 Å². The van der Waals surface area contributed by atoms with Crippen molar-refractivity contribution in [3.63, 3.8) is 0 Å². The van der Waals surface area contributed by atoms with Gasteiger partial charge in [-0.1, -0.05) is 13.8 Å². The second-order valence-corrected chi connectivity index (χ2v) is 12.9. The summed E-state index contributed by atoms with van der Waals surface area (Å²) in [6.07, 6.45) is 6.90. The monoisotopic (exact) mass is 565 g/mol. The first kappa shape index (κ1) is 27.3. The molecule has 5 heterocycles. The molecule has 5 atom stereocenters. The number of carbonyl (C=O) groups is 1. The van der Waals surface area contributed by atoms with E-state index in [1.807, 2.05) is 0 Å². The summed E-state index contributed by atoms with van der Waals surface area (Å²) in [5.74, 6) is 1.07. The number of aryl methyl sites for hydroxylation is 1. The highest BCUT2D eigenvalue weighted by molar-refractivity contribution is 5.83. The van der Waals surface area contributed by atoms with E-state index in [1.54, 1.807) is 12.1 Å². The van der Waals surface area contributed by atoms with Crippen molar-refractivity contribution in [2.24, 2.45) is 5.92 Å². The van der Waals surface area contributed by atoms with Gasteiger partial charge in [0.05, 0.1) is 23.5 Å². The number of imidazole rings is 1. The van der Waals surface area contributed by atoms with Crippen LogP contribution in [0.15, 0.2) is 12.1 Å². The number of hydrogen-bond acceptors (Lipinski definition) is 7. The maximum atomic E-state index is 14.3. The zero-order valence-electron chi connectivity index (χ0n) is 24.3. The number of fused-ring (bicyclic) bond motifs is 2. The standard InChI is InChI=1S/C31H44FN7O2/c1-3-18-12-28(40)23(32)13-22(18)19-7-8-21-24(11-19)35-36-29(21)30-33-25-14-27(37(4-2)17-26(25)34-30)31(41)39-15-20(16-39)38-9-5-6-10-38/h12-13,19-21,24,27,29,35-36,40H,3-11,14-17H2,1-2H3,(H,33,34)/t19?,21?,24?,27-,29?/m1/s1. The van der Waals surface area contributed by atoms with Gasteiger partial charge in [0.2, 0.25) is 5.91 Å². The van der Waals surface area contributed by atoms with Crippen molar-refractivity contribution in [2.75, 3.05) is 32.7 Å². The lowest BCUT2D eigenvalue weighted by atomic mass is 9.73. The van der Waals surface area contributed by atoms with Gasteiger partial charge in [0.1, 0.15) is 5.82 Å². The summed E-state index contributed by atoms with van der Waals surface area (Å²) >= 11 is 0. The number of likely N-dealkylation sites (N-methyl/N-ethyl adjacent to an activating group) is 1. The number of hydrazine groups is 1. The molecule has 7 rings (SSSR count). The van der Waals surface area contributed by atoms with Crippen molar-refractivity contribution in [1.82, 2.24) is 35.5 Å². The van der Waals surface area contributed by atoms with E-state index in [-0.39, 0.29) is 35.7 Å². The lowest BCUT2D eigenvalue weighted by Crippen LogP contribution is -2.64. The van der Waals surface area contributed by atoms with Crippen LogP contribution in [0.5, 0.6) is 5.75 Å². The van der Waals surface area contributed by atoms with E-state index in [4.69, 9.17) is 4.98 Å². The molecule has 4 aliphatic heterocycles. The summed E-state index contributed by atoms with van der Waals surface area (Å²) in [6.45, 7) is 9.84. The summed E-state index contributed by atoms with van der Waals surface area (Å²) in [6, 6.07) is 3.88. The molecule has 41 heavy (non-hydrogen) atoms. The van der Waals surface area contributed by atoms with E-state index in [2.05, 4.69) is 44.4 Å². The molecule has 10 heteroatoms. The number of H-pyrrole nitrogens is 1. The Labute approximate surface area is 241 Å². The highest BCUT2D eigenvalue weighted by Gasteiger charge is 2.45. The summed E-state index contributed by atoms with van der Waals surface area (Å²) < 4.78 is 14.3. The Bertz CT molecular complexity index is 1290. The van der Waals surface area contributed by atoms with Gasteiger partial charge in [0, 0.05) is 38.1 Å². The summed E-state index contributed by atoms with van der Waals surface area (Å²) in [7, 11) is 0. The lowest BCUT2D eigenvalue weighted by molar-refractivity contribution is -0.145. The molecule has 1 saturated carbocycles. The molecule has 5 aliphatic rings. The van der Waals surface area contributed by atoms with Crippen molar-refractivity contribution in [3.8, 4) is 5.75 Å². The average Bonchev–Trinajstić information content (AvgIpc) is 3.71. The number of aromatic nitrogens is 2.